The Morgan fingerprint density at radius 1 is 1.24 bits per heavy atom. The Morgan fingerprint density at radius 2 is 2.14 bits per heavy atom. The van der Waals surface area contributed by atoms with Crippen molar-refractivity contribution in [2.45, 2.75) is 38.8 Å². The second kappa shape index (κ2) is 10.3. The first-order valence-electron chi connectivity index (χ1n) is 10.9. The third-order valence-corrected chi connectivity index (χ3v) is 6.85. The van der Waals surface area contributed by atoms with Crippen LogP contribution in [0.4, 0.5) is 0 Å². The number of hydrogen-bond donors (Lipinski definition) is 2. The predicted octanol–water partition coefficient (Wildman–Crippen LogP) is 3.09. The lowest BCUT2D eigenvalue weighted by atomic mass is 10.1. The minimum atomic E-state index is 0.224. The zero-order valence-electron chi connectivity index (χ0n) is 17.4. The second-order valence-electron chi connectivity index (χ2n) is 7.82. The van der Waals surface area contributed by atoms with Crippen LogP contribution in [0.5, 0.6) is 0 Å². The summed E-state index contributed by atoms with van der Waals surface area (Å²) in [6.07, 6.45) is 5.48. The lowest BCUT2D eigenvalue weighted by Crippen LogP contribution is -2.43. The topological polar surface area (TPSA) is 56.0 Å². The van der Waals surface area contributed by atoms with Crippen molar-refractivity contribution in [2.24, 2.45) is 4.99 Å². The van der Waals surface area contributed by atoms with Crippen LogP contribution in [0.25, 0.3) is 0 Å². The zero-order valence-corrected chi connectivity index (χ0v) is 18.2. The first kappa shape index (κ1) is 20.4. The fraction of sp³-hybridized carbons (Fsp3) is 0.591. The van der Waals surface area contributed by atoms with Crippen LogP contribution in [0, 0.1) is 0 Å². The molecule has 2 aliphatic rings. The molecule has 1 saturated heterocycles. The predicted molar refractivity (Wildman–Crippen MR) is 120 cm³/mol. The van der Waals surface area contributed by atoms with Gasteiger partial charge in [-0.2, -0.15) is 0 Å². The summed E-state index contributed by atoms with van der Waals surface area (Å²) in [4.78, 5) is 11.5. The van der Waals surface area contributed by atoms with Gasteiger partial charge in [-0.05, 0) is 68.4 Å². The highest BCUT2D eigenvalue weighted by Crippen LogP contribution is 2.26. The molecule has 0 aromatic carbocycles. The van der Waals surface area contributed by atoms with Crippen LogP contribution >= 0.6 is 11.3 Å². The van der Waals surface area contributed by atoms with Crippen LogP contribution in [-0.2, 0) is 13.0 Å². The number of rotatable bonds is 8. The Hall–Kier alpha value is -1.83. The smallest absolute Gasteiger partial charge is 0.191 e. The number of likely N-dealkylation sites (tertiary alicyclic amines) is 1. The molecule has 0 aliphatic carbocycles. The molecular weight excluding hydrogens is 382 g/mol. The normalized spacial score (nSPS) is 19.3. The first-order valence-corrected chi connectivity index (χ1v) is 11.8. The van der Waals surface area contributed by atoms with Crippen molar-refractivity contribution in [3.05, 3.63) is 46.0 Å². The van der Waals surface area contributed by atoms with E-state index in [1.165, 1.54) is 24.8 Å². The van der Waals surface area contributed by atoms with E-state index in [2.05, 4.69) is 44.9 Å². The van der Waals surface area contributed by atoms with Crippen molar-refractivity contribution < 1.29 is 4.42 Å². The van der Waals surface area contributed by atoms with E-state index in [1.54, 1.807) is 11.1 Å². The molecule has 1 atom stereocenters. The van der Waals surface area contributed by atoms with E-state index in [0.717, 1.165) is 57.5 Å². The summed E-state index contributed by atoms with van der Waals surface area (Å²) >= 11 is 1.90. The third kappa shape index (κ3) is 5.41. The van der Waals surface area contributed by atoms with Crippen molar-refractivity contribution in [3.8, 4) is 0 Å². The highest BCUT2D eigenvalue weighted by atomic mass is 32.1. The summed E-state index contributed by atoms with van der Waals surface area (Å²) < 4.78 is 5.73. The van der Waals surface area contributed by atoms with Gasteiger partial charge in [-0.3, -0.25) is 14.8 Å². The van der Waals surface area contributed by atoms with E-state index in [9.17, 15) is 0 Å². The Morgan fingerprint density at radius 3 is 2.93 bits per heavy atom. The van der Waals surface area contributed by atoms with Gasteiger partial charge in [0.05, 0.1) is 18.8 Å². The van der Waals surface area contributed by atoms with Gasteiger partial charge in [0.2, 0.25) is 0 Å². The molecule has 4 rings (SSSR count). The molecule has 0 bridgehead atoms. The molecular formula is C22H33N5OS. The fourth-order valence-electron chi connectivity index (χ4n) is 4.27. The van der Waals surface area contributed by atoms with Crippen LogP contribution in [0.2, 0.25) is 0 Å². The van der Waals surface area contributed by atoms with Gasteiger partial charge in [0.15, 0.2) is 5.96 Å². The maximum Gasteiger partial charge on any atom is 0.191 e. The lowest BCUT2D eigenvalue weighted by Gasteiger charge is -2.27. The zero-order chi connectivity index (χ0) is 19.9. The van der Waals surface area contributed by atoms with Crippen molar-refractivity contribution in [1.82, 2.24) is 20.4 Å². The Labute approximate surface area is 178 Å². The number of furan rings is 1. The summed E-state index contributed by atoms with van der Waals surface area (Å²) in [5.41, 5.74) is 1.51. The Bertz CT molecular complexity index is 766. The molecule has 29 heavy (non-hydrogen) atoms. The summed E-state index contributed by atoms with van der Waals surface area (Å²) in [6, 6.07) is 6.55. The van der Waals surface area contributed by atoms with Gasteiger partial charge in [0.25, 0.3) is 0 Å². The van der Waals surface area contributed by atoms with Crippen LogP contribution in [0.15, 0.2) is 39.3 Å². The van der Waals surface area contributed by atoms with Crippen molar-refractivity contribution in [1.29, 1.82) is 0 Å². The molecule has 158 valence electrons. The number of nitrogens with zero attached hydrogens (tertiary/aromatic N) is 3. The minimum absolute atomic E-state index is 0.224. The van der Waals surface area contributed by atoms with Gasteiger partial charge >= 0.3 is 0 Å². The molecule has 0 saturated carbocycles. The minimum Gasteiger partial charge on any atom is -0.468 e. The summed E-state index contributed by atoms with van der Waals surface area (Å²) in [7, 11) is 0. The molecule has 2 aromatic rings. The highest BCUT2D eigenvalue weighted by Gasteiger charge is 2.25. The SMILES string of the molecule is CCNC(=NCC(c1ccco1)N1CCCC1)NCCN1CCc2sccc2C1. The maximum absolute atomic E-state index is 5.73. The first-order chi connectivity index (χ1) is 14.3. The molecule has 6 nitrogen and oxygen atoms in total. The van der Waals surface area contributed by atoms with Gasteiger partial charge in [0, 0.05) is 37.6 Å². The molecule has 7 heteroatoms. The van der Waals surface area contributed by atoms with Crippen molar-refractivity contribution >= 4 is 17.3 Å². The monoisotopic (exact) mass is 415 g/mol. The Balaban J connectivity index is 1.31. The van der Waals surface area contributed by atoms with Crippen molar-refractivity contribution in [2.75, 3.05) is 45.8 Å². The molecule has 2 aromatic heterocycles. The standard InChI is InChI=1S/C22H33N5OS/c1-2-23-22(24-9-13-26-12-7-21-18(17-26)8-15-29-21)25-16-19(20-6-5-14-28-20)27-10-3-4-11-27/h5-6,8,14-15,19H,2-4,7,9-13,16-17H2,1H3,(H2,23,24,25). The van der Waals surface area contributed by atoms with Crippen LogP contribution < -0.4 is 10.6 Å². The average molecular weight is 416 g/mol. The third-order valence-electron chi connectivity index (χ3n) is 5.83. The Kier molecular flexibility index (Phi) is 7.24. The maximum atomic E-state index is 5.73. The number of fused-ring (bicyclic) bond motifs is 1. The van der Waals surface area contributed by atoms with Gasteiger partial charge < -0.3 is 15.1 Å². The number of hydrogen-bond acceptors (Lipinski definition) is 5. The molecule has 2 aliphatic heterocycles. The van der Waals surface area contributed by atoms with Gasteiger partial charge in [0.1, 0.15) is 5.76 Å². The van der Waals surface area contributed by atoms with E-state index in [-0.39, 0.29) is 6.04 Å². The summed E-state index contributed by atoms with van der Waals surface area (Å²) in [5, 5.41) is 9.14. The lowest BCUT2D eigenvalue weighted by molar-refractivity contribution is 0.221. The number of nitrogens with one attached hydrogen (secondary N) is 2. The largest absolute Gasteiger partial charge is 0.468 e. The van der Waals surface area contributed by atoms with E-state index in [1.807, 2.05) is 17.4 Å². The molecule has 2 N–H and O–H groups in total. The molecule has 0 spiro atoms. The molecule has 4 heterocycles. The second-order valence-corrected chi connectivity index (χ2v) is 8.82. The fourth-order valence-corrected chi connectivity index (χ4v) is 5.16. The number of aliphatic imine (C=N–C) groups is 1. The highest BCUT2D eigenvalue weighted by molar-refractivity contribution is 7.10. The van der Waals surface area contributed by atoms with Crippen molar-refractivity contribution in [3.63, 3.8) is 0 Å². The molecule has 0 radical (unpaired) electrons. The van der Waals surface area contributed by atoms with E-state index in [4.69, 9.17) is 9.41 Å². The summed E-state index contributed by atoms with van der Waals surface area (Å²) in [5.74, 6) is 1.92. The summed E-state index contributed by atoms with van der Waals surface area (Å²) in [6.45, 7) is 10.1. The average Bonchev–Trinajstić information content (AvgIpc) is 3.50. The van der Waals surface area contributed by atoms with Crippen LogP contribution in [0.1, 0.15) is 42.0 Å². The van der Waals surface area contributed by atoms with Gasteiger partial charge in [-0.15, -0.1) is 11.3 Å². The van der Waals surface area contributed by atoms with Gasteiger partial charge in [-0.1, -0.05) is 0 Å². The molecule has 1 unspecified atom stereocenters. The van der Waals surface area contributed by atoms with Crippen LogP contribution in [0.3, 0.4) is 0 Å². The quantitative estimate of drug-likeness (QED) is 0.513. The van der Waals surface area contributed by atoms with E-state index >= 15 is 0 Å². The molecule has 0 amide bonds. The number of guanidine groups is 1. The van der Waals surface area contributed by atoms with Gasteiger partial charge in [-0.25, -0.2) is 0 Å². The molecule has 1 fully saturated rings. The van der Waals surface area contributed by atoms with E-state index in [0.29, 0.717) is 6.54 Å². The van der Waals surface area contributed by atoms with Crippen LogP contribution in [-0.4, -0.2) is 61.6 Å². The number of thiophene rings is 1. The van der Waals surface area contributed by atoms with E-state index < -0.39 is 0 Å².